The van der Waals surface area contributed by atoms with E-state index in [1.807, 2.05) is 32.0 Å². The second-order valence-corrected chi connectivity index (χ2v) is 13.7. The fourth-order valence-electron chi connectivity index (χ4n) is 4.43. The minimum atomic E-state index is -1.81. The fourth-order valence-corrected chi connectivity index (χ4v) is 4.43. The average molecular weight is 975 g/mol. The van der Waals surface area contributed by atoms with Crippen molar-refractivity contribution >= 4 is 42.2 Å². The van der Waals surface area contributed by atoms with Crippen LogP contribution in [0.3, 0.4) is 0 Å². The number of hydrogen-bond acceptors (Lipinski definition) is 13. The molecule has 2 rings (SSSR count). The van der Waals surface area contributed by atoms with Crippen LogP contribution in [0, 0.1) is 23.3 Å². The van der Waals surface area contributed by atoms with Crippen molar-refractivity contribution in [3.8, 4) is 5.75 Å². The maximum atomic E-state index is 13.4. The third-order valence-electron chi connectivity index (χ3n) is 7.99. The van der Waals surface area contributed by atoms with Gasteiger partial charge < -0.3 is 56.1 Å². The molecule has 0 saturated heterocycles. The number of methoxy groups -OCH3 is 2. The van der Waals surface area contributed by atoms with E-state index in [0.717, 1.165) is 44.1 Å². The summed E-state index contributed by atoms with van der Waals surface area (Å²) in [6.45, 7) is 11.8. The summed E-state index contributed by atoms with van der Waals surface area (Å²) < 4.78 is 84.1. The number of hydrogen-bond donors (Lipinski definition) is 6. The summed E-state index contributed by atoms with van der Waals surface area (Å²) in [4.78, 5) is 77.0. The molecule has 0 aromatic heterocycles. The molecule has 2 unspecified atom stereocenters. The van der Waals surface area contributed by atoms with Crippen LogP contribution >= 0.6 is 0 Å². The monoisotopic (exact) mass is 974 g/mol. The third-order valence-corrected chi connectivity index (χ3v) is 7.99. The van der Waals surface area contributed by atoms with Crippen LogP contribution in [0.15, 0.2) is 72.2 Å². The molecule has 2 aromatic carbocycles. The Morgan fingerprint density at radius 1 is 0.853 bits per heavy atom. The van der Waals surface area contributed by atoms with E-state index in [-0.39, 0.29) is 56.4 Å². The van der Waals surface area contributed by atoms with Gasteiger partial charge in [-0.05, 0) is 76.8 Å². The fraction of sp³-hybridized carbons (Fsp3) is 0.457. The average Bonchev–Trinajstić information content (AvgIpc) is 3.31. The topological polar surface area (TPSA) is 243 Å². The van der Waals surface area contributed by atoms with Crippen molar-refractivity contribution in [3.05, 3.63) is 101 Å². The van der Waals surface area contributed by atoms with Gasteiger partial charge in [-0.3, -0.25) is 28.8 Å². The number of nitrogens with two attached hydrogens (primary N) is 1. The van der Waals surface area contributed by atoms with Crippen molar-refractivity contribution in [1.29, 1.82) is 0 Å². The Labute approximate surface area is 394 Å². The zero-order chi connectivity index (χ0) is 52.5. The summed E-state index contributed by atoms with van der Waals surface area (Å²) in [7, 11) is 4.60. The predicted octanol–water partition coefficient (Wildman–Crippen LogP) is 4.33. The quantitative estimate of drug-likeness (QED) is 0.0203. The first-order valence-electron chi connectivity index (χ1n) is 20.8. The highest BCUT2D eigenvalue weighted by Crippen LogP contribution is 2.26. The lowest BCUT2D eigenvalue weighted by atomic mass is 10.1. The molecule has 0 aliphatic rings. The molecule has 382 valence electrons. The minimum absolute atomic E-state index is 0.0141. The van der Waals surface area contributed by atoms with Gasteiger partial charge in [-0.15, -0.1) is 0 Å². The number of rotatable bonds is 25. The summed E-state index contributed by atoms with van der Waals surface area (Å²) in [5.74, 6) is -11.6. The number of Topliss-reactive ketones (excluding diaryl/α,β-unsaturated/α-hetero) is 1. The first kappa shape index (κ1) is 65.8. The lowest BCUT2D eigenvalue weighted by Gasteiger charge is -2.17. The summed E-state index contributed by atoms with van der Waals surface area (Å²) in [5.41, 5.74) is 8.02. The van der Waals surface area contributed by atoms with E-state index in [1.165, 1.54) is 25.7 Å². The summed E-state index contributed by atoms with van der Waals surface area (Å²) >= 11 is 0. The molecule has 22 heteroatoms. The largest absolute Gasteiger partial charge is 0.479 e. The summed E-state index contributed by atoms with van der Waals surface area (Å²) in [5, 5.41) is 12.3. The van der Waals surface area contributed by atoms with Crippen molar-refractivity contribution in [1.82, 2.24) is 26.6 Å². The van der Waals surface area contributed by atoms with E-state index in [4.69, 9.17) is 10.5 Å². The second kappa shape index (κ2) is 41.9. The van der Waals surface area contributed by atoms with Gasteiger partial charge in [-0.25, -0.2) is 13.2 Å². The number of benzene rings is 2. The molecule has 7 N–H and O–H groups in total. The standard InChI is InChI=1S/C16H18F4N4O5.C16H25FN2O2.C9H12O.C3H6O2.C2H6O/c17-9-3-10(18)14(20)15(13(9)19)29-6-8(26)4-23-16(28)11(1-2-21)24-12(27)5-22-7-25;1-5-15(17)10-12(2)14(4)18-11-16(21)19-13(3)8-6-7-9-20;1-2-10-8-9-6-4-3-5-7-9;1-3(4)5-2;1-3-2/h3,7,11H,1-2,4-6,21H2,(H,22,25)(H,23,28)(H,24,27);5,9-10,13,18H,1,6-8,11H2,2-4H3,(H,19,21);3-7H,2,8H2,1H3;1-2H3;1-2H3/b;14-12+,15-10+;;;. The first-order valence-corrected chi connectivity index (χ1v) is 20.8. The van der Waals surface area contributed by atoms with E-state index < -0.39 is 71.6 Å². The number of carbonyl (C=O) groups is 7. The Kier molecular flexibility index (Phi) is 40.5. The zero-order valence-corrected chi connectivity index (χ0v) is 39.9. The molecule has 17 nitrogen and oxygen atoms in total. The molecule has 2 atom stereocenters. The van der Waals surface area contributed by atoms with E-state index in [0.29, 0.717) is 12.0 Å². The van der Waals surface area contributed by atoms with Gasteiger partial charge >= 0.3 is 5.97 Å². The first-order chi connectivity index (χ1) is 32.2. The molecule has 0 aliphatic carbocycles. The predicted molar refractivity (Wildman–Crippen MR) is 245 cm³/mol. The van der Waals surface area contributed by atoms with Gasteiger partial charge in [0.15, 0.2) is 23.2 Å². The van der Waals surface area contributed by atoms with E-state index in [1.54, 1.807) is 28.1 Å². The Morgan fingerprint density at radius 2 is 1.43 bits per heavy atom. The molecule has 4 amide bonds. The van der Waals surface area contributed by atoms with Crippen LogP contribution in [0.2, 0.25) is 0 Å². The lowest BCUT2D eigenvalue weighted by Crippen LogP contribution is -2.50. The molecule has 0 fully saturated rings. The van der Waals surface area contributed by atoms with Crippen molar-refractivity contribution in [2.75, 3.05) is 60.7 Å². The number of unbranched alkanes of at least 4 members (excludes halogenated alkanes) is 1. The van der Waals surface area contributed by atoms with Crippen LogP contribution in [0.1, 0.15) is 65.9 Å². The normalized spacial score (nSPS) is 11.4. The Bertz CT molecular complexity index is 1860. The molecule has 0 spiro atoms. The highest BCUT2D eigenvalue weighted by molar-refractivity contribution is 5.92. The van der Waals surface area contributed by atoms with Gasteiger partial charge in [0.2, 0.25) is 35.8 Å². The van der Waals surface area contributed by atoms with Crippen molar-refractivity contribution in [2.45, 2.75) is 79.0 Å². The molecule has 0 aliphatic heterocycles. The molecule has 0 bridgehead atoms. The molecule has 68 heavy (non-hydrogen) atoms. The number of nitrogens with one attached hydrogen (secondary N) is 5. The highest BCUT2D eigenvalue weighted by atomic mass is 19.2. The maximum Gasteiger partial charge on any atom is 0.302 e. The lowest BCUT2D eigenvalue weighted by molar-refractivity contribution is -0.138. The maximum absolute atomic E-state index is 13.4. The molecule has 0 heterocycles. The number of ketones is 1. The summed E-state index contributed by atoms with van der Waals surface area (Å²) in [6.07, 6.45) is 5.71. The van der Waals surface area contributed by atoms with Crippen LogP contribution < -0.4 is 37.1 Å². The third kappa shape index (κ3) is 34.8. The van der Waals surface area contributed by atoms with Gasteiger partial charge in [0, 0.05) is 52.0 Å². The SMILES string of the molecule is C=C/C(F)=C\C(C)=C(/C)NCC(=O)NC(C)CCCC=O.CCOCc1ccccc1.COC.COC(C)=O.NCCC(NC(=O)CNC=O)C(=O)NCC(=O)COc1c(F)c(F)cc(F)c1F. The highest BCUT2D eigenvalue weighted by Gasteiger charge is 2.23. The Morgan fingerprint density at radius 3 is 1.93 bits per heavy atom. The van der Waals surface area contributed by atoms with Crippen molar-refractivity contribution < 1.29 is 74.5 Å². The molecule has 0 radical (unpaired) electrons. The van der Waals surface area contributed by atoms with Gasteiger partial charge in [-0.2, -0.15) is 8.78 Å². The number of carbonyl (C=O) groups excluding carboxylic acids is 7. The Hall–Kier alpha value is -6.52. The van der Waals surface area contributed by atoms with Gasteiger partial charge in [-0.1, -0.05) is 36.9 Å². The Balaban J connectivity index is -0.000000933. The second-order valence-electron chi connectivity index (χ2n) is 13.7. The number of allylic oxidation sites excluding steroid dienone is 5. The number of amides is 4. The van der Waals surface area contributed by atoms with Crippen LogP contribution in [0.4, 0.5) is 22.0 Å². The van der Waals surface area contributed by atoms with Gasteiger partial charge in [0.05, 0.1) is 33.4 Å². The number of esters is 1. The molecular weight excluding hydrogens is 908 g/mol. The van der Waals surface area contributed by atoms with E-state index in [2.05, 4.69) is 59.5 Å². The van der Waals surface area contributed by atoms with E-state index in [9.17, 15) is 55.5 Å². The van der Waals surface area contributed by atoms with Crippen LogP contribution in [-0.4, -0.2) is 115 Å². The molecule has 0 saturated carbocycles. The molecular formula is C46H67F5N6O11. The number of ether oxygens (including phenoxy) is 4. The number of aldehydes is 1. The van der Waals surface area contributed by atoms with Crippen LogP contribution in [0.25, 0.3) is 0 Å². The van der Waals surface area contributed by atoms with Crippen LogP contribution in [0.5, 0.6) is 5.75 Å². The minimum Gasteiger partial charge on any atom is -0.479 e. The van der Waals surface area contributed by atoms with Crippen molar-refractivity contribution in [3.63, 3.8) is 0 Å². The van der Waals surface area contributed by atoms with Gasteiger partial charge in [0.1, 0.15) is 24.8 Å². The number of halogens is 5. The van der Waals surface area contributed by atoms with Crippen molar-refractivity contribution in [2.24, 2.45) is 5.73 Å². The molecule has 2 aromatic rings. The smallest absolute Gasteiger partial charge is 0.302 e. The summed E-state index contributed by atoms with van der Waals surface area (Å²) in [6, 6.07) is 9.09. The van der Waals surface area contributed by atoms with Crippen LogP contribution in [-0.2, 0) is 54.4 Å². The van der Waals surface area contributed by atoms with Gasteiger partial charge in [0.25, 0.3) is 0 Å². The zero-order valence-electron chi connectivity index (χ0n) is 39.9. The van der Waals surface area contributed by atoms with E-state index >= 15 is 0 Å².